The van der Waals surface area contributed by atoms with Crippen LogP contribution < -0.4 is 0 Å². The molecule has 1 unspecified atom stereocenters. The second kappa shape index (κ2) is 6.67. The summed E-state index contributed by atoms with van der Waals surface area (Å²) < 4.78 is 0. The Kier molecular flexibility index (Phi) is 5.19. The van der Waals surface area contributed by atoms with E-state index >= 15 is 0 Å². The molecule has 1 saturated carbocycles. The number of likely N-dealkylation sites (N-methyl/N-ethyl adjacent to an activating group) is 1. The van der Waals surface area contributed by atoms with E-state index in [9.17, 15) is 4.79 Å². The lowest BCUT2D eigenvalue weighted by atomic mass is 9.86. The van der Waals surface area contributed by atoms with Gasteiger partial charge in [-0.05, 0) is 45.8 Å². The van der Waals surface area contributed by atoms with E-state index in [0.29, 0.717) is 18.2 Å². The standard InChI is InChI=1S/C15H28N2O/c1-16-9-8-13(10-16)11-17(2)12-15(18)14-6-4-3-5-7-14/h13-14H,3-12H2,1-2H3. The summed E-state index contributed by atoms with van der Waals surface area (Å²) in [5.41, 5.74) is 0. The van der Waals surface area contributed by atoms with Gasteiger partial charge in [-0.25, -0.2) is 0 Å². The van der Waals surface area contributed by atoms with Crippen LogP contribution in [0.3, 0.4) is 0 Å². The van der Waals surface area contributed by atoms with Crippen LogP contribution in [0, 0.1) is 11.8 Å². The van der Waals surface area contributed by atoms with Crippen LogP contribution in [-0.4, -0.2) is 55.9 Å². The highest BCUT2D eigenvalue weighted by Crippen LogP contribution is 2.24. The topological polar surface area (TPSA) is 23.6 Å². The van der Waals surface area contributed by atoms with Crippen LogP contribution in [0.25, 0.3) is 0 Å². The quantitative estimate of drug-likeness (QED) is 0.748. The zero-order valence-electron chi connectivity index (χ0n) is 12.0. The number of likely N-dealkylation sites (tertiary alicyclic amines) is 1. The molecule has 1 heterocycles. The molecule has 1 atom stereocenters. The Hall–Kier alpha value is -0.410. The Morgan fingerprint density at radius 3 is 2.56 bits per heavy atom. The minimum Gasteiger partial charge on any atom is -0.306 e. The molecule has 0 aromatic carbocycles. The molecule has 1 aliphatic carbocycles. The van der Waals surface area contributed by atoms with E-state index in [1.807, 2.05) is 0 Å². The third-order valence-electron chi connectivity index (χ3n) is 4.55. The van der Waals surface area contributed by atoms with Crippen molar-refractivity contribution in [2.24, 2.45) is 11.8 Å². The van der Waals surface area contributed by atoms with Gasteiger partial charge in [0.25, 0.3) is 0 Å². The molecule has 0 aromatic heterocycles. The van der Waals surface area contributed by atoms with Crippen molar-refractivity contribution in [1.82, 2.24) is 9.80 Å². The summed E-state index contributed by atoms with van der Waals surface area (Å²) in [6.07, 6.45) is 7.41. The van der Waals surface area contributed by atoms with E-state index in [-0.39, 0.29) is 0 Å². The van der Waals surface area contributed by atoms with Crippen LogP contribution in [0.15, 0.2) is 0 Å². The third-order valence-corrected chi connectivity index (χ3v) is 4.55. The van der Waals surface area contributed by atoms with Gasteiger partial charge in [-0.3, -0.25) is 9.69 Å². The molecule has 104 valence electrons. The maximum Gasteiger partial charge on any atom is 0.149 e. The third kappa shape index (κ3) is 4.06. The van der Waals surface area contributed by atoms with Gasteiger partial charge in [0.15, 0.2) is 0 Å². The van der Waals surface area contributed by atoms with Gasteiger partial charge in [0, 0.05) is 19.0 Å². The molecule has 0 bridgehead atoms. The second-order valence-electron chi connectivity index (χ2n) is 6.41. The molecule has 0 N–H and O–H groups in total. The van der Waals surface area contributed by atoms with Crippen molar-refractivity contribution in [3.05, 3.63) is 0 Å². The molecule has 0 amide bonds. The summed E-state index contributed by atoms with van der Waals surface area (Å²) in [5, 5.41) is 0. The molecule has 3 nitrogen and oxygen atoms in total. The van der Waals surface area contributed by atoms with Crippen molar-refractivity contribution in [3.8, 4) is 0 Å². The van der Waals surface area contributed by atoms with Gasteiger partial charge in [-0.2, -0.15) is 0 Å². The van der Waals surface area contributed by atoms with E-state index < -0.39 is 0 Å². The molecular formula is C15H28N2O. The van der Waals surface area contributed by atoms with Crippen molar-refractivity contribution in [3.63, 3.8) is 0 Å². The molecular weight excluding hydrogens is 224 g/mol. The SMILES string of the molecule is CN1CCC(CN(C)CC(=O)C2CCCCC2)C1. The van der Waals surface area contributed by atoms with Gasteiger partial charge >= 0.3 is 0 Å². The molecule has 0 radical (unpaired) electrons. The first-order valence-electron chi connectivity index (χ1n) is 7.55. The summed E-state index contributed by atoms with van der Waals surface area (Å²) in [7, 11) is 4.30. The molecule has 1 saturated heterocycles. The van der Waals surface area contributed by atoms with E-state index in [1.165, 1.54) is 38.8 Å². The minimum atomic E-state index is 0.368. The van der Waals surface area contributed by atoms with Crippen LogP contribution >= 0.6 is 0 Å². The van der Waals surface area contributed by atoms with Crippen molar-refractivity contribution >= 4 is 5.78 Å². The van der Waals surface area contributed by atoms with Crippen LogP contribution in [0.5, 0.6) is 0 Å². The number of hydrogen-bond donors (Lipinski definition) is 0. The van der Waals surface area contributed by atoms with E-state index in [0.717, 1.165) is 25.3 Å². The lowest BCUT2D eigenvalue weighted by Gasteiger charge is -2.25. The first-order chi connectivity index (χ1) is 8.65. The lowest BCUT2D eigenvalue weighted by molar-refractivity contribution is -0.124. The molecule has 2 rings (SSSR count). The van der Waals surface area contributed by atoms with Gasteiger partial charge in [0.2, 0.25) is 0 Å². The molecule has 2 aliphatic rings. The fourth-order valence-corrected chi connectivity index (χ4v) is 3.50. The maximum absolute atomic E-state index is 12.2. The summed E-state index contributed by atoms with van der Waals surface area (Å²) in [5.74, 6) is 1.62. The van der Waals surface area contributed by atoms with Crippen molar-refractivity contribution in [1.29, 1.82) is 0 Å². The Bertz CT molecular complexity index is 274. The van der Waals surface area contributed by atoms with Gasteiger partial charge in [0.1, 0.15) is 5.78 Å². The average molecular weight is 252 g/mol. The Balaban J connectivity index is 1.69. The van der Waals surface area contributed by atoms with Crippen molar-refractivity contribution < 1.29 is 4.79 Å². The van der Waals surface area contributed by atoms with E-state index in [4.69, 9.17) is 0 Å². The highest BCUT2D eigenvalue weighted by atomic mass is 16.1. The normalized spacial score (nSPS) is 26.9. The van der Waals surface area contributed by atoms with Crippen molar-refractivity contribution in [2.75, 3.05) is 40.3 Å². The minimum absolute atomic E-state index is 0.368. The van der Waals surface area contributed by atoms with E-state index in [2.05, 4.69) is 23.9 Å². The van der Waals surface area contributed by atoms with Gasteiger partial charge in [0.05, 0.1) is 6.54 Å². The van der Waals surface area contributed by atoms with Crippen LogP contribution in [-0.2, 0) is 4.79 Å². The largest absolute Gasteiger partial charge is 0.306 e. The smallest absolute Gasteiger partial charge is 0.149 e. The molecule has 2 fully saturated rings. The number of ketones is 1. The summed E-state index contributed by atoms with van der Waals surface area (Å²) in [4.78, 5) is 16.8. The molecule has 0 aromatic rings. The van der Waals surface area contributed by atoms with Crippen molar-refractivity contribution in [2.45, 2.75) is 38.5 Å². The molecule has 3 heteroatoms. The number of Topliss-reactive ketones (excluding diaryl/α,β-unsaturated/α-hetero) is 1. The highest BCUT2D eigenvalue weighted by molar-refractivity contribution is 5.83. The average Bonchev–Trinajstić information content (AvgIpc) is 2.75. The Labute approximate surface area is 112 Å². The summed E-state index contributed by atoms with van der Waals surface area (Å²) in [6.45, 7) is 4.17. The highest BCUT2D eigenvalue weighted by Gasteiger charge is 2.24. The number of carbonyl (C=O) groups excluding carboxylic acids is 1. The van der Waals surface area contributed by atoms with Crippen LogP contribution in [0.1, 0.15) is 38.5 Å². The number of hydrogen-bond acceptors (Lipinski definition) is 3. The van der Waals surface area contributed by atoms with Crippen LogP contribution in [0.4, 0.5) is 0 Å². The predicted octanol–water partition coefficient (Wildman–Crippen LogP) is 2.02. The first-order valence-corrected chi connectivity index (χ1v) is 7.55. The van der Waals surface area contributed by atoms with E-state index in [1.54, 1.807) is 0 Å². The predicted molar refractivity (Wildman–Crippen MR) is 74.7 cm³/mol. The Morgan fingerprint density at radius 1 is 1.22 bits per heavy atom. The van der Waals surface area contributed by atoms with Crippen LogP contribution in [0.2, 0.25) is 0 Å². The monoisotopic (exact) mass is 252 g/mol. The maximum atomic E-state index is 12.2. The van der Waals surface area contributed by atoms with Gasteiger partial charge in [-0.1, -0.05) is 19.3 Å². The summed E-state index contributed by atoms with van der Waals surface area (Å²) >= 11 is 0. The fourth-order valence-electron chi connectivity index (χ4n) is 3.50. The summed E-state index contributed by atoms with van der Waals surface area (Å²) in [6, 6.07) is 0. The zero-order chi connectivity index (χ0) is 13.0. The second-order valence-corrected chi connectivity index (χ2v) is 6.41. The number of carbonyl (C=O) groups is 1. The number of rotatable bonds is 5. The zero-order valence-corrected chi connectivity index (χ0v) is 12.0. The number of nitrogens with zero attached hydrogens (tertiary/aromatic N) is 2. The fraction of sp³-hybridized carbons (Fsp3) is 0.933. The molecule has 18 heavy (non-hydrogen) atoms. The van der Waals surface area contributed by atoms with Gasteiger partial charge < -0.3 is 4.90 Å². The van der Waals surface area contributed by atoms with Gasteiger partial charge in [-0.15, -0.1) is 0 Å². The lowest BCUT2D eigenvalue weighted by Crippen LogP contribution is -2.35. The molecule has 1 aliphatic heterocycles. The Morgan fingerprint density at radius 2 is 1.94 bits per heavy atom. The first kappa shape index (κ1) is 14.0. The molecule has 0 spiro atoms.